The molecule has 10 heteroatoms. The number of hydrogen-bond donors (Lipinski definition) is 0. The van der Waals surface area contributed by atoms with Gasteiger partial charge in [0.15, 0.2) is 0 Å². The normalized spacial score (nSPS) is 23.5. The van der Waals surface area contributed by atoms with Gasteiger partial charge in [-0.1, -0.05) is 37.1 Å². The van der Waals surface area contributed by atoms with Gasteiger partial charge in [0.05, 0.1) is 13.2 Å². The van der Waals surface area contributed by atoms with Crippen LogP contribution in [0, 0.1) is 0 Å². The quantitative estimate of drug-likeness (QED) is 0.0720. The van der Waals surface area contributed by atoms with E-state index in [1.807, 2.05) is 53.1 Å². The lowest BCUT2D eigenvalue weighted by Gasteiger charge is -2.00. The minimum absolute atomic E-state index is 0.146. The van der Waals surface area contributed by atoms with Crippen LogP contribution in [0.4, 0.5) is 0 Å². The number of thioether (sulfide) groups is 6. The van der Waals surface area contributed by atoms with Crippen LogP contribution in [0.15, 0.2) is 49.6 Å². The second-order valence-corrected chi connectivity index (χ2v) is 15.6. The maximum absolute atomic E-state index is 10.9. The zero-order valence-electron chi connectivity index (χ0n) is 21.4. The SMILES string of the molecule is C=C(C)C(=O)OCC1CS1.C=C(C)C(=O)SCC1CS1.C=CCOCC1CS1.C=CCSCC1CS1. The average molecular weight is 609 g/mol. The summed E-state index contributed by atoms with van der Waals surface area (Å²) in [6, 6.07) is 0. The van der Waals surface area contributed by atoms with Gasteiger partial charge in [-0.15, -0.1) is 13.2 Å². The van der Waals surface area contributed by atoms with E-state index in [9.17, 15) is 9.59 Å². The third-order valence-electron chi connectivity index (χ3n) is 4.19. The van der Waals surface area contributed by atoms with E-state index in [1.165, 1.54) is 34.8 Å². The standard InChI is InChI=1S/C7H10O2S.C7H10OS2.C6H10OS.C6H10S2/c1-5(2)7(8)9-3-6-4-10-6;1-5(2)7(8)10-4-6-3-9-6;2*1-2-3-7-4-6-5-8-6/h2*6H,1,3-4H2,2H3;2*2,6H,1,3-5H2. The van der Waals surface area contributed by atoms with Gasteiger partial charge in [0.25, 0.3) is 0 Å². The van der Waals surface area contributed by atoms with Gasteiger partial charge in [0, 0.05) is 66.8 Å². The van der Waals surface area contributed by atoms with Crippen LogP contribution in [-0.2, 0) is 19.1 Å². The average Bonchev–Trinajstić information content (AvgIpc) is 3.67. The summed E-state index contributed by atoms with van der Waals surface area (Å²) in [5.74, 6) is 8.19. The third kappa shape index (κ3) is 23.3. The third-order valence-corrected chi connectivity index (χ3v) is 10.7. The smallest absolute Gasteiger partial charge is 0.333 e. The molecule has 4 nitrogen and oxygen atoms in total. The Kier molecular flexibility index (Phi) is 20.0. The van der Waals surface area contributed by atoms with Crippen molar-refractivity contribution in [3.05, 3.63) is 49.6 Å². The van der Waals surface area contributed by atoms with Crippen LogP contribution < -0.4 is 0 Å². The highest BCUT2D eigenvalue weighted by Gasteiger charge is 2.24. The fraction of sp³-hybridized carbons (Fsp3) is 0.615. The Balaban J connectivity index is 0.000000241. The van der Waals surface area contributed by atoms with Gasteiger partial charge in [0.2, 0.25) is 5.12 Å². The van der Waals surface area contributed by atoms with E-state index in [2.05, 4.69) is 38.1 Å². The van der Waals surface area contributed by atoms with Crippen molar-refractivity contribution < 1.29 is 19.1 Å². The van der Waals surface area contributed by atoms with E-state index in [1.54, 1.807) is 19.9 Å². The van der Waals surface area contributed by atoms with Crippen molar-refractivity contribution in [3.63, 3.8) is 0 Å². The molecule has 4 heterocycles. The lowest BCUT2D eigenvalue weighted by atomic mass is 10.4. The summed E-state index contributed by atoms with van der Waals surface area (Å²) >= 11 is 11.1. The van der Waals surface area contributed by atoms with Crippen molar-refractivity contribution >= 4 is 81.7 Å². The van der Waals surface area contributed by atoms with E-state index in [-0.39, 0.29) is 11.1 Å². The molecule has 4 unspecified atom stereocenters. The lowest BCUT2D eigenvalue weighted by Crippen LogP contribution is -2.09. The molecule has 4 saturated heterocycles. The molecule has 4 aliphatic heterocycles. The van der Waals surface area contributed by atoms with Gasteiger partial charge in [-0.2, -0.15) is 58.8 Å². The van der Waals surface area contributed by atoms with Crippen LogP contribution in [0.3, 0.4) is 0 Å². The largest absolute Gasteiger partial charge is 0.461 e. The van der Waals surface area contributed by atoms with Crippen molar-refractivity contribution in [3.8, 4) is 0 Å². The molecular formula is C26H40O4S6. The van der Waals surface area contributed by atoms with E-state index >= 15 is 0 Å². The molecule has 0 saturated carbocycles. The first-order valence-electron chi connectivity index (χ1n) is 11.8. The number of ether oxygens (including phenoxy) is 2. The first-order chi connectivity index (χ1) is 17.3. The predicted octanol–water partition coefficient (Wildman–Crippen LogP) is 6.48. The molecule has 0 radical (unpaired) electrons. The fourth-order valence-corrected chi connectivity index (χ4v) is 6.08. The van der Waals surface area contributed by atoms with Crippen molar-refractivity contribution in [2.45, 2.75) is 34.8 Å². The molecule has 4 rings (SSSR count). The number of carbonyl (C=O) groups is 2. The summed E-state index contributed by atoms with van der Waals surface area (Å²) in [7, 11) is 0. The van der Waals surface area contributed by atoms with Crippen molar-refractivity contribution in [1.29, 1.82) is 0 Å². The highest BCUT2D eigenvalue weighted by molar-refractivity contribution is 8.16. The predicted molar refractivity (Wildman–Crippen MR) is 172 cm³/mol. The summed E-state index contributed by atoms with van der Waals surface area (Å²) in [5.41, 5.74) is 1.14. The molecule has 36 heavy (non-hydrogen) atoms. The summed E-state index contributed by atoms with van der Waals surface area (Å²) < 4.78 is 10.0. The molecule has 0 aromatic heterocycles. The Labute approximate surface area is 243 Å². The maximum Gasteiger partial charge on any atom is 0.333 e. The zero-order chi connectivity index (χ0) is 26.8. The molecule has 0 amide bonds. The van der Waals surface area contributed by atoms with E-state index in [0.717, 1.165) is 39.6 Å². The van der Waals surface area contributed by atoms with Gasteiger partial charge in [0.1, 0.15) is 6.61 Å². The van der Waals surface area contributed by atoms with Crippen molar-refractivity contribution in [2.24, 2.45) is 0 Å². The second-order valence-electron chi connectivity index (χ2n) is 8.23. The van der Waals surface area contributed by atoms with Crippen LogP contribution >= 0.6 is 70.6 Å². The summed E-state index contributed by atoms with van der Waals surface area (Å²) in [6.45, 7) is 19.8. The molecule has 0 aromatic rings. The Morgan fingerprint density at radius 2 is 1.36 bits per heavy atom. The Morgan fingerprint density at radius 3 is 1.81 bits per heavy atom. The summed E-state index contributed by atoms with van der Waals surface area (Å²) in [5, 5.41) is 3.24. The van der Waals surface area contributed by atoms with Crippen molar-refractivity contribution in [2.75, 3.05) is 60.1 Å². The minimum atomic E-state index is -0.271. The Bertz CT molecular complexity index is 653. The number of esters is 1. The van der Waals surface area contributed by atoms with Gasteiger partial charge in [-0.3, -0.25) is 4.79 Å². The van der Waals surface area contributed by atoms with Gasteiger partial charge in [-0.25, -0.2) is 4.79 Å². The Morgan fingerprint density at radius 1 is 0.833 bits per heavy atom. The Hall–Kier alpha value is 0.160. The topological polar surface area (TPSA) is 52.6 Å². The second kappa shape index (κ2) is 21.0. The van der Waals surface area contributed by atoms with Crippen LogP contribution in [0.25, 0.3) is 0 Å². The summed E-state index contributed by atoms with van der Waals surface area (Å²) in [4.78, 5) is 21.7. The first kappa shape index (κ1) is 34.2. The highest BCUT2D eigenvalue weighted by Crippen LogP contribution is 2.34. The molecule has 0 bridgehead atoms. The molecule has 4 aliphatic rings. The fourth-order valence-electron chi connectivity index (χ4n) is 1.81. The minimum Gasteiger partial charge on any atom is -0.461 e. The maximum atomic E-state index is 10.9. The van der Waals surface area contributed by atoms with Crippen LogP contribution in [0.5, 0.6) is 0 Å². The van der Waals surface area contributed by atoms with Gasteiger partial charge in [-0.05, 0) is 19.4 Å². The first-order valence-corrected chi connectivity index (χ1v) is 18.1. The molecule has 4 fully saturated rings. The van der Waals surface area contributed by atoms with E-state index in [0.29, 0.717) is 29.6 Å². The lowest BCUT2D eigenvalue weighted by molar-refractivity contribution is -0.138. The molecule has 4 atom stereocenters. The summed E-state index contributed by atoms with van der Waals surface area (Å²) in [6.07, 6.45) is 3.75. The van der Waals surface area contributed by atoms with Gasteiger partial charge >= 0.3 is 5.97 Å². The molecule has 0 aliphatic carbocycles. The van der Waals surface area contributed by atoms with Crippen LogP contribution in [0.2, 0.25) is 0 Å². The number of carbonyl (C=O) groups excluding carboxylic acids is 2. The number of rotatable bonds is 14. The number of hydrogen-bond acceptors (Lipinski definition) is 10. The monoisotopic (exact) mass is 608 g/mol. The van der Waals surface area contributed by atoms with E-state index in [4.69, 9.17) is 9.47 Å². The molecule has 204 valence electrons. The van der Waals surface area contributed by atoms with Crippen LogP contribution in [0.1, 0.15) is 13.8 Å². The molecule has 0 spiro atoms. The van der Waals surface area contributed by atoms with Crippen molar-refractivity contribution in [1.82, 2.24) is 0 Å². The van der Waals surface area contributed by atoms with E-state index < -0.39 is 0 Å². The van der Waals surface area contributed by atoms with Gasteiger partial charge < -0.3 is 9.47 Å². The zero-order valence-corrected chi connectivity index (χ0v) is 26.3. The molecular weight excluding hydrogens is 569 g/mol. The highest BCUT2D eigenvalue weighted by atomic mass is 32.2. The molecule has 0 aromatic carbocycles. The molecule has 0 N–H and O–H groups in total. The van der Waals surface area contributed by atoms with Crippen LogP contribution in [-0.4, -0.2) is 92.2 Å².